The van der Waals surface area contributed by atoms with Crippen LogP contribution in [0, 0.1) is 0 Å². The zero-order chi connectivity index (χ0) is 15.5. The number of aromatic nitrogens is 1. The Balaban J connectivity index is 1.79. The standard InChI is InChI=1S/C18H21N3O/c1-12(2)16-5-3-4-6-17(16)20-15-9-13(10-19-11-15)18(22)21-14-7-8-14/h3-6,9-12,14,20H,7-8H2,1-2H3,(H,21,22). The SMILES string of the molecule is CC(C)c1ccccc1Nc1cncc(C(=O)NC2CC2)c1. The predicted octanol–water partition coefficient (Wildman–Crippen LogP) is 3.84. The number of para-hydroxylation sites is 1. The first-order valence-electron chi connectivity index (χ1n) is 7.75. The Morgan fingerprint density at radius 3 is 2.73 bits per heavy atom. The number of amides is 1. The molecule has 2 aromatic rings. The molecule has 1 fully saturated rings. The zero-order valence-corrected chi connectivity index (χ0v) is 13.0. The number of carbonyl (C=O) groups is 1. The summed E-state index contributed by atoms with van der Waals surface area (Å²) in [4.78, 5) is 16.3. The Morgan fingerprint density at radius 1 is 1.23 bits per heavy atom. The number of carbonyl (C=O) groups excluding carboxylic acids is 1. The minimum atomic E-state index is -0.0456. The first-order valence-corrected chi connectivity index (χ1v) is 7.75. The molecule has 1 aromatic carbocycles. The summed E-state index contributed by atoms with van der Waals surface area (Å²) >= 11 is 0. The van der Waals surface area contributed by atoms with Gasteiger partial charge in [0, 0.05) is 17.9 Å². The average Bonchev–Trinajstić information content (AvgIpc) is 3.32. The van der Waals surface area contributed by atoms with Crippen LogP contribution >= 0.6 is 0 Å². The maximum absolute atomic E-state index is 12.1. The summed E-state index contributed by atoms with van der Waals surface area (Å²) in [6.07, 6.45) is 5.51. The van der Waals surface area contributed by atoms with Crippen LogP contribution in [0.15, 0.2) is 42.7 Å². The molecule has 4 heteroatoms. The molecular formula is C18H21N3O. The van der Waals surface area contributed by atoms with Crippen LogP contribution < -0.4 is 10.6 Å². The Morgan fingerprint density at radius 2 is 2.00 bits per heavy atom. The molecule has 0 spiro atoms. The van der Waals surface area contributed by atoms with Crippen LogP contribution in [-0.2, 0) is 0 Å². The third-order valence-electron chi connectivity index (χ3n) is 3.77. The fourth-order valence-corrected chi connectivity index (χ4v) is 2.40. The average molecular weight is 295 g/mol. The van der Waals surface area contributed by atoms with E-state index < -0.39 is 0 Å². The lowest BCUT2D eigenvalue weighted by Crippen LogP contribution is -2.25. The Hall–Kier alpha value is -2.36. The van der Waals surface area contributed by atoms with E-state index >= 15 is 0 Å². The Labute approximate surface area is 131 Å². The summed E-state index contributed by atoms with van der Waals surface area (Å²) in [5.41, 5.74) is 3.73. The highest BCUT2D eigenvalue weighted by Crippen LogP contribution is 2.27. The fraction of sp³-hybridized carbons (Fsp3) is 0.333. The molecule has 114 valence electrons. The van der Waals surface area contributed by atoms with Crippen LogP contribution in [0.1, 0.15) is 48.5 Å². The van der Waals surface area contributed by atoms with Crippen molar-refractivity contribution in [2.45, 2.75) is 38.6 Å². The number of pyridine rings is 1. The van der Waals surface area contributed by atoms with Gasteiger partial charge in [0.2, 0.25) is 0 Å². The van der Waals surface area contributed by atoms with Crippen molar-refractivity contribution in [1.29, 1.82) is 0 Å². The molecule has 1 heterocycles. The van der Waals surface area contributed by atoms with E-state index in [4.69, 9.17) is 0 Å². The van der Waals surface area contributed by atoms with Gasteiger partial charge in [0.15, 0.2) is 0 Å². The quantitative estimate of drug-likeness (QED) is 0.881. The number of hydrogen-bond acceptors (Lipinski definition) is 3. The van der Waals surface area contributed by atoms with E-state index in [-0.39, 0.29) is 5.91 Å². The van der Waals surface area contributed by atoms with E-state index in [0.717, 1.165) is 24.2 Å². The maximum atomic E-state index is 12.1. The summed E-state index contributed by atoms with van der Waals surface area (Å²) in [5, 5.41) is 6.36. The molecule has 1 aliphatic carbocycles. The van der Waals surface area contributed by atoms with Crippen molar-refractivity contribution < 1.29 is 4.79 Å². The summed E-state index contributed by atoms with van der Waals surface area (Å²) in [5.74, 6) is 0.383. The number of rotatable bonds is 5. The van der Waals surface area contributed by atoms with Crippen LogP contribution in [-0.4, -0.2) is 16.9 Å². The van der Waals surface area contributed by atoms with E-state index in [1.54, 1.807) is 12.4 Å². The molecule has 3 rings (SSSR count). The summed E-state index contributed by atoms with van der Waals surface area (Å²) in [7, 11) is 0. The third-order valence-corrected chi connectivity index (χ3v) is 3.77. The van der Waals surface area contributed by atoms with Crippen molar-refractivity contribution in [2.75, 3.05) is 5.32 Å². The summed E-state index contributed by atoms with van der Waals surface area (Å²) < 4.78 is 0. The highest BCUT2D eigenvalue weighted by Gasteiger charge is 2.24. The van der Waals surface area contributed by atoms with Crippen LogP contribution in [0.2, 0.25) is 0 Å². The van der Waals surface area contributed by atoms with Crippen molar-refractivity contribution in [2.24, 2.45) is 0 Å². The van der Waals surface area contributed by atoms with Gasteiger partial charge in [0.25, 0.3) is 5.91 Å². The molecule has 0 saturated heterocycles. The summed E-state index contributed by atoms with van der Waals surface area (Å²) in [6, 6.07) is 10.4. The molecule has 1 saturated carbocycles. The normalized spacial score (nSPS) is 14.0. The fourth-order valence-electron chi connectivity index (χ4n) is 2.40. The first-order chi connectivity index (χ1) is 10.6. The maximum Gasteiger partial charge on any atom is 0.253 e. The summed E-state index contributed by atoms with van der Waals surface area (Å²) in [6.45, 7) is 4.33. The molecule has 0 bridgehead atoms. The van der Waals surface area contributed by atoms with Crippen LogP contribution in [0.5, 0.6) is 0 Å². The topological polar surface area (TPSA) is 54.0 Å². The number of benzene rings is 1. The van der Waals surface area contributed by atoms with Gasteiger partial charge in [-0.05, 0) is 36.5 Å². The van der Waals surface area contributed by atoms with Crippen molar-refractivity contribution >= 4 is 17.3 Å². The Bertz CT molecular complexity index is 678. The number of hydrogen-bond donors (Lipinski definition) is 2. The smallest absolute Gasteiger partial charge is 0.253 e. The molecule has 4 nitrogen and oxygen atoms in total. The van der Waals surface area contributed by atoms with Crippen LogP contribution in [0.3, 0.4) is 0 Å². The van der Waals surface area contributed by atoms with E-state index in [9.17, 15) is 4.79 Å². The molecule has 0 unspecified atom stereocenters. The highest BCUT2D eigenvalue weighted by atomic mass is 16.1. The molecule has 1 aromatic heterocycles. The van der Waals surface area contributed by atoms with Gasteiger partial charge in [-0.15, -0.1) is 0 Å². The van der Waals surface area contributed by atoms with E-state index in [1.165, 1.54) is 5.56 Å². The van der Waals surface area contributed by atoms with Crippen molar-refractivity contribution in [3.05, 3.63) is 53.9 Å². The largest absolute Gasteiger partial charge is 0.354 e. The van der Waals surface area contributed by atoms with Gasteiger partial charge in [-0.2, -0.15) is 0 Å². The molecule has 2 N–H and O–H groups in total. The van der Waals surface area contributed by atoms with Crippen molar-refractivity contribution in [1.82, 2.24) is 10.3 Å². The lowest BCUT2D eigenvalue weighted by Gasteiger charge is -2.14. The van der Waals surface area contributed by atoms with Crippen LogP contribution in [0.25, 0.3) is 0 Å². The number of nitrogens with zero attached hydrogens (tertiary/aromatic N) is 1. The molecule has 22 heavy (non-hydrogen) atoms. The molecule has 1 aliphatic rings. The minimum absolute atomic E-state index is 0.0456. The van der Waals surface area contributed by atoms with Gasteiger partial charge in [-0.25, -0.2) is 0 Å². The second-order valence-corrected chi connectivity index (χ2v) is 6.08. The third kappa shape index (κ3) is 3.45. The van der Waals surface area contributed by atoms with Gasteiger partial charge in [-0.1, -0.05) is 32.0 Å². The first kappa shape index (κ1) is 14.6. The van der Waals surface area contributed by atoms with E-state index in [0.29, 0.717) is 17.5 Å². The van der Waals surface area contributed by atoms with E-state index in [1.807, 2.05) is 24.3 Å². The number of anilines is 2. The number of nitrogens with one attached hydrogen (secondary N) is 2. The lowest BCUT2D eigenvalue weighted by molar-refractivity contribution is 0.0951. The van der Waals surface area contributed by atoms with Gasteiger partial charge >= 0.3 is 0 Å². The second kappa shape index (κ2) is 6.18. The van der Waals surface area contributed by atoms with Crippen molar-refractivity contribution in [3.8, 4) is 0 Å². The van der Waals surface area contributed by atoms with Crippen molar-refractivity contribution in [3.63, 3.8) is 0 Å². The zero-order valence-electron chi connectivity index (χ0n) is 13.0. The monoisotopic (exact) mass is 295 g/mol. The lowest BCUT2D eigenvalue weighted by atomic mass is 10.0. The molecule has 1 amide bonds. The Kier molecular flexibility index (Phi) is 4.09. The molecular weight excluding hydrogens is 274 g/mol. The minimum Gasteiger partial charge on any atom is -0.354 e. The van der Waals surface area contributed by atoms with Gasteiger partial charge < -0.3 is 10.6 Å². The second-order valence-electron chi connectivity index (χ2n) is 6.08. The van der Waals surface area contributed by atoms with Gasteiger partial charge in [0.1, 0.15) is 0 Å². The molecule has 0 radical (unpaired) electrons. The van der Waals surface area contributed by atoms with E-state index in [2.05, 4.69) is 35.5 Å². The van der Waals surface area contributed by atoms with Gasteiger partial charge in [0.05, 0.1) is 17.4 Å². The molecule has 0 aliphatic heterocycles. The predicted molar refractivity (Wildman–Crippen MR) is 88.5 cm³/mol. The van der Waals surface area contributed by atoms with Crippen LogP contribution in [0.4, 0.5) is 11.4 Å². The highest BCUT2D eigenvalue weighted by molar-refractivity contribution is 5.95. The van der Waals surface area contributed by atoms with Gasteiger partial charge in [-0.3, -0.25) is 9.78 Å². The molecule has 0 atom stereocenters.